The van der Waals surface area contributed by atoms with Crippen molar-refractivity contribution >= 4 is 108 Å². The van der Waals surface area contributed by atoms with Crippen molar-refractivity contribution in [1.82, 2.24) is 0 Å². The molecule has 4 aliphatic heterocycles. The highest BCUT2D eigenvalue weighted by Crippen LogP contribution is 2.56. The molecule has 0 aliphatic carbocycles. The van der Waals surface area contributed by atoms with Crippen molar-refractivity contribution in [2.75, 3.05) is 24.5 Å². The van der Waals surface area contributed by atoms with E-state index in [2.05, 4.69) is 279 Å². The first-order valence-corrected chi connectivity index (χ1v) is 25.1. The van der Waals surface area contributed by atoms with Crippen molar-refractivity contribution in [1.29, 1.82) is 0 Å². The Labute approximate surface area is 430 Å². The Hall–Kier alpha value is -9.92. The van der Waals surface area contributed by atoms with Gasteiger partial charge in [-0.1, -0.05) is 133 Å². The molecule has 11 aromatic carbocycles. The van der Waals surface area contributed by atoms with Gasteiger partial charge in [-0.2, -0.15) is 0 Å². The molecule has 4 heterocycles. The van der Waals surface area contributed by atoms with Gasteiger partial charge < -0.3 is 34.0 Å². The summed E-state index contributed by atoms with van der Waals surface area (Å²) in [7, 11) is 0. The number of anilines is 15. The summed E-state index contributed by atoms with van der Waals surface area (Å²) in [6, 6.07) is 95.1. The van der Waals surface area contributed by atoms with Gasteiger partial charge in [0.1, 0.15) is 0 Å². The molecule has 11 aromatic rings. The average Bonchev–Trinajstić information content (AvgIpc) is 3.46. The zero-order valence-electron chi connectivity index (χ0n) is 40.0. The first-order chi connectivity index (χ1) is 36.7. The van der Waals surface area contributed by atoms with Crippen molar-refractivity contribution in [3.8, 4) is 23.0 Å². The van der Waals surface area contributed by atoms with Crippen LogP contribution in [0.5, 0.6) is 23.0 Å². The number of para-hydroxylation sites is 10. The van der Waals surface area contributed by atoms with Crippen LogP contribution in [0.2, 0.25) is 0 Å². The summed E-state index contributed by atoms with van der Waals surface area (Å²) in [6.45, 7) is -0.270. The van der Waals surface area contributed by atoms with Gasteiger partial charge in [-0.15, -0.1) is 0 Å². The maximum Gasteiger partial charge on any atom is 0.252 e. The summed E-state index contributed by atoms with van der Waals surface area (Å²) >= 11 is 0. The summed E-state index contributed by atoms with van der Waals surface area (Å²) in [5, 5.41) is 0. The third kappa shape index (κ3) is 6.55. The Morgan fingerprint density at radius 1 is 0.257 bits per heavy atom. The largest absolute Gasteiger partial charge is 0.453 e. The maximum atomic E-state index is 7.08. The number of fused-ring (bicyclic) bond motifs is 8. The molecule has 0 fully saturated rings. The summed E-state index contributed by atoms with van der Waals surface area (Å²) < 4.78 is 14.2. The Bertz CT molecular complexity index is 3690. The molecule has 15 rings (SSSR count). The van der Waals surface area contributed by atoms with Crippen LogP contribution in [0.1, 0.15) is 0 Å². The number of ether oxygens (including phenoxy) is 2. The monoisotopic (exact) mass is 949 g/mol. The van der Waals surface area contributed by atoms with E-state index in [0.717, 1.165) is 119 Å². The van der Waals surface area contributed by atoms with Crippen molar-refractivity contribution in [3.05, 3.63) is 267 Å². The predicted octanol–water partition coefficient (Wildman–Crippen LogP) is 16.4. The van der Waals surface area contributed by atoms with E-state index >= 15 is 0 Å². The average molecular weight is 950 g/mol. The van der Waals surface area contributed by atoms with Crippen LogP contribution >= 0.6 is 0 Å². The Morgan fingerprint density at radius 2 is 0.581 bits per heavy atom. The molecule has 0 aromatic heterocycles. The molecule has 0 saturated heterocycles. The van der Waals surface area contributed by atoms with Crippen LogP contribution in [-0.4, -0.2) is 6.71 Å². The van der Waals surface area contributed by atoms with Crippen LogP contribution in [-0.2, 0) is 0 Å². The van der Waals surface area contributed by atoms with E-state index in [0.29, 0.717) is 0 Å². The summed E-state index contributed by atoms with van der Waals surface area (Å²) in [5.74, 6) is 3.17. The summed E-state index contributed by atoms with van der Waals surface area (Å²) in [4.78, 5) is 12.0. The van der Waals surface area contributed by atoms with E-state index in [1.165, 1.54) is 5.46 Å². The van der Waals surface area contributed by atoms with Gasteiger partial charge in [-0.3, -0.25) is 0 Å². The minimum atomic E-state index is -0.270. The predicted molar refractivity (Wildman–Crippen MR) is 305 cm³/mol. The molecule has 74 heavy (non-hydrogen) atoms. The molecule has 0 amide bonds. The Kier molecular flexibility index (Phi) is 9.53. The van der Waals surface area contributed by atoms with Crippen LogP contribution in [0.3, 0.4) is 0 Å². The lowest BCUT2D eigenvalue weighted by Gasteiger charge is -2.46. The number of rotatable bonds is 7. The standard InChI is InChI=1S/C66H44BN5O2/c1-7-23-45(24-8-1)68(46-25-9-2-10-26-46)51-39-60-66-61(40-51)72(50-33-17-6-18-34-50)57-44-59-65(74-63-38-22-20-36-55(63)70(59)48-29-13-4-14-30-48)42-53(57)67(66)52-41-64-58(43-56(52)71(60)49-31-15-5-16-32-49)69(47-27-11-3-12-28-47)54-35-19-21-37-62(54)73-64/h1-44H. The molecule has 7 nitrogen and oxygen atoms in total. The van der Waals surface area contributed by atoms with Crippen LogP contribution in [0.15, 0.2) is 267 Å². The number of hydrogen-bond acceptors (Lipinski definition) is 7. The first kappa shape index (κ1) is 41.8. The SMILES string of the molecule is c1ccc(N(c2ccccc2)c2cc3c4c(c2)N(c2ccccc2)c2cc5c(cc2B4c2cc4c(cc2N3c2ccccc2)N(c2ccccc2)c2ccccc2O4)Oc2ccccc2N5c2ccccc2)cc1. The lowest BCUT2D eigenvalue weighted by Crippen LogP contribution is -2.61. The third-order valence-electron chi connectivity index (χ3n) is 14.7. The Balaban J connectivity index is 1.07. The Morgan fingerprint density at radius 3 is 0.959 bits per heavy atom. The van der Waals surface area contributed by atoms with Gasteiger partial charge in [0.25, 0.3) is 6.71 Å². The van der Waals surface area contributed by atoms with Gasteiger partial charge in [0.15, 0.2) is 23.0 Å². The second-order valence-corrected chi connectivity index (χ2v) is 18.9. The molecule has 0 spiro atoms. The van der Waals surface area contributed by atoms with Gasteiger partial charge in [0.05, 0.1) is 28.4 Å². The van der Waals surface area contributed by atoms with Crippen LogP contribution < -0.4 is 50.4 Å². The van der Waals surface area contributed by atoms with Gasteiger partial charge in [-0.25, -0.2) is 0 Å². The molecular weight excluding hydrogens is 906 g/mol. The third-order valence-corrected chi connectivity index (χ3v) is 14.7. The second-order valence-electron chi connectivity index (χ2n) is 18.9. The number of nitrogens with zero attached hydrogens (tertiary/aromatic N) is 5. The molecule has 8 heteroatoms. The lowest BCUT2D eigenvalue weighted by atomic mass is 9.33. The fourth-order valence-corrected chi connectivity index (χ4v) is 11.6. The first-order valence-electron chi connectivity index (χ1n) is 25.1. The minimum Gasteiger partial charge on any atom is -0.453 e. The highest BCUT2D eigenvalue weighted by atomic mass is 16.5. The molecule has 0 radical (unpaired) electrons. The van der Waals surface area contributed by atoms with Crippen LogP contribution in [0.4, 0.5) is 85.3 Å². The van der Waals surface area contributed by atoms with Crippen molar-refractivity contribution in [2.45, 2.75) is 0 Å². The van der Waals surface area contributed by atoms with Crippen LogP contribution in [0.25, 0.3) is 0 Å². The molecule has 0 saturated carbocycles. The zero-order chi connectivity index (χ0) is 48.7. The highest BCUT2D eigenvalue weighted by Gasteiger charge is 2.46. The quantitative estimate of drug-likeness (QED) is 0.147. The molecule has 0 unspecified atom stereocenters. The fraction of sp³-hybridized carbons (Fsp3) is 0. The van der Waals surface area contributed by atoms with E-state index in [4.69, 9.17) is 9.47 Å². The van der Waals surface area contributed by atoms with Gasteiger partial charge in [0.2, 0.25) is 0 Å². The van der Waals surface area contributed by atoms with E-state index in [1.54, 1.807) is 0 Å². The number of hydrogen-bond donors (Lipinski definition) is 0. The van der Waals surface area contributed by atoms with E-state index in [-0.39, 0.29) is 6.71 Å². The molecule has 0 bridgehead atoms. The topological polar surface area (TPSA) is 34.7 Å². The van der Waals surface area contributed by atoms with E-state index in [1.807, 2.05) is 12.1 Å². The second kappa shape index (κ2) is 16.9. The van der Waals surface area contributed by atoms with E-state index in [9.17, 15) is 0 Å². The van der Waals surface area contributed by atoms with Gasteiger partial charge >= 0.3 is 0 Å². The molecule has 4 aliphatic rings. The van der Waals surface area contributed by atoms with Crippen molar-refractivity contribution in [2.24, 2.45) is 0 Å². The van der Waals surface area contributed by atoms with Gasteiger partial charge in [0, 0.05) is 56.9 Å². The smallest absolute Gasteiger partial charge is 0.252 e. The number of benzene rings is 11. The summed E-state index contributed by atoms with van der Waals surface area (Å²) in [6.07, 6.45) is 0. The van der Waals surface area contributed by atoms with Crippen molar-refractivity contribution in [3.63, 3.8) is 0 Å². The highest BCUT2D eigenvalue weighted by molar-refractivity contribution is 7.00. The fourth-order valence-electron chi connectivity index (χ4n) is 11.6. The molecule has 0 N–H and O–H groups in total. The molecule has 0 atom stereocenters. The lowest BCUT2D eigenvalue weighted by molar-refractivity contribution is 0.477. The molecular formula is C66H44BN5O2. The normalized spacial score (nSPS) is 13.2. The summed E-state index contributed by atoms with van der Waals surface area (Å²) in [5.41, 5.74) is 18.8. The van der Waals surface area contributed by atoms with E-state index < -0.39 is 0 Å². The zero-order valence-corrected chi connectivity index (χ0v) is 40.0. The van der Waals surface area contributed by atoms with Crippen LogP contribution in [0, 0.1) is 0 Å². The maximum absolute atomic E-state index is 7.08. The van der Waals surface area contributed by atoms with Gasteiger partial charge in [-0.05, 0) is 150 Å². The molecule has 348 valence electrons. The minimum absolute atomic E-state index is 0.270. The van der Waals surface area contributed by atoms with Crippen molar-refractivity contribution < 1.29 is 9.47 Å².